The number of nitrogens with two attached hydrogens (primary N) is 1. The zero-order valence-electron chi connectivity index (χ0n) is 8.61. The van der Waals surface area contributed by atoms with E-state index in [9.17, 15) is 0 Å². The summed E-state index contributed by atoms with van der Waals surface area (Å²) in [5.74, 6) is 0.821. The summed E-state index contributed by atoms with van der Waals surface area (Å²) >= 11 is 6.50. The van der Waals surface area contributed by atoms with Crippen LogP contribution in [0.4, 0.5) is 0 Å². The number of aryl methyl sites for hydroxylation is 1. The van der Waals surface area contributed by atoms with Crippen molar-refractivity contribution in [3.63, 3.8) is 0 Å². The predicted octanol–water partition coefficient (Wildman–Crippen LogP) is 3.22. The lowest BCUT2D eigenvalue weighted by molar-refractivity contribution is 1.05. The first-order valence-corrected chi connectivity index (χ1v) is 7.03. The molecule has 84 valence electrons. The number of hydrogen-bond acceptors (Lipinski definition) is 5. The van der Waals surface area contributed by atoms with Crippen LogP contribution in [0.2, 0.25) is 0 Å². The molecule has 2 aromatic rings. The zero-order valence-corrected chi connectivity index (χ0v) is 11.8. The van der Waals surface area contributed by atoms with Crippen LogP contribution in [0.15, 0.2) is 31.9 Å². The van der Waals surface area contributed by atoms with Gasteiger partial charge in [0.1, 0.15) is 5.82 Å². The molecule has 0 saturated heterocycles. The summed E-state index contributed by atoms with van der Waals surface area (Å²) in [6, 6.07) is 6.15. The van der Waals surface area contributed by atoms with Gasteiger partial charge in [0.05, 0.1) is 0 Å². The summed E-state index contributed by atoms with van der Waals surface area (Å²) in [6.07, 6.45) is 0. The van der Waals surface area contributed by atoms with Crippen molar-refractivity contribution in [3.8, 4) is 0 Å². The number of aromatic nitrogens is 2. The number of hydrogen-bond donors (Lipinski definition) is 1. The van der Waals surface area contributed by atoms with Gasteiger partial charge in [-0.1, -0.05) is 27.7 Å². The first-order chi connectivity index (χ1) is 7.67. The molecule has 1 aromatic carbocycles. The van der Waals surface area contributed by atoms with Crippen LogP contribution in [-0.4, -0.2) is 9.36 Å². The van der Waals surface area contributed by atoms with E-state index in [1.54, 1.807) is 11.8 Å². The zero-order chi connectivity index (χ0) is 11.5. The lowest BCUT2D eigenvalue weighted by Gasteiger charge is -2.02. The molecule has 0 amide bonds. The average molecular weight is 316 g/mol. The molecule has 1 heterocycles. The fraction of sp³-hybridized carbons (Fsp3) is 0.200. The highest BCUT2D eigenvalue weighted by Crippen LogP contribution is 2.31. The maximum atomic E-state index is 5.63. The Bertz CT molecular complexity index is 499. The molecule has 0 fully saturated rings. The van der Waals surface area contributed by atoms with Gasteiger partial charge in [0.15, 0.2) is 4.34 Å². The average Bonchev–Trinajstić information content (AvgIpc) is 2.63. The third-order valence-corrected chi connectivity index (χ3v) is 4.15. The van der Waals surface area contributed by atoms with E-state index in [0.29, 0.717) is 6.54 Å². The van der Waals surface area contributed by atoms with Gasteiger partial charge in [-0.2, -0.15) is 4.37 Å². The van der Waals surface area contributed by atoms with E-state index in [-0.39, 0.29) is 0 Å². The summed E-state index contributed by atoms with van der Waals surface area (Å²) in [7, 11) is 0. The summed E-state index contributed by atoms with van der Waals surface area (Å²) in [6.45, 7) is 2.44. The smallest absolute Gasteiger partial charge is 0.174 e. The topological polar surface area (TPSA) is 51.8 Å². The van der Waals surface area contributed by atoms with Crippen molar-refractivity contribution < 1.29 is 0 Å². The molecule has 2 N–H and O–H groups in total. The largest absolute Gasteiger partial charge is 0.326 e. The summed E-state index contributed by atoms with van der Waals surface area (Å²) in [5, 5.41) is 0. The number of halogens is 1. The van der Waals surface area contributed by atoms with Crippen molar-refractivity contribution in [2.75, 3.05) is 0 Å². The first kappa shape index (κ1) is 12.0. The molecular formula is C10H10BrN3S2. The second-order valence-electron chi connectivity index (χ2n) is 3.21. The SMILES string of the molecule is Cc1nsc(Sc2cc(Br)cc(CN)c2)n1. The fourth-order valence-electron chi connectivity index (χ4n) is 1.22. The summed E-state index contributed by atoms with van der Waals surface area (Å²) < 4.78 is 6.15. The van der Waals surface area contributed by atoms with Crippen LogP contribution in [0.1, 0.15) is 11.4 Å². The molecule has 0 saturated carbocycles. The molecule has 0 bridgehead atoms. The monoisotopic (exact) mass is 315 g/mol. The molecule has 3 nitrogen and oxygen atoms in total. The maximum absolute atomic E-state index is 5.63. The second kappa shape index (κ2) is 5.27. The Morgan fingerprint density at radius 1 is 1.44 bits per heavy atom. The molecule has 0 aliphatic rings. The van der Waals surface area contributed by atoms with E-state index in [2.05, 4.69) is 37.4 Å². The molecule has 2 rings (SSSR count). The highest BCUT2D eigenvalue weighted by Gasteiger charge is 2.05. The Hall–Kier alpha value is -0.430. The van der Waals surface area contributed by atoms with Crippen LogP contribution in [0.5, 0.6) is 0 Å². The van der Waals surface area contributed by atoms with Gasteiger partial charge >= 0.3 is 0 Å². The molecule has 0 atom stereocenters. The molecule has 16 heavy (non-hydrogen) atoms. The molecule has 6 heteroatoms. The van der Waals surface area contributed by atoms with Crippen molar-refractivity contribution in [1.82, 2.24) is 9.36 Å². The maximum Gasteiger partial charge on any atom is 0.174 e. The van der Waals surface area contributed by atoms with Gasteiger partial charge in [-0.15, -0.1) is 0 Å². The third kappa shape index (κ3) is 3.04. The van der Waals surface area contributed by atoms with Crippen molar-refractivity contribution in [2.45, 2.75) is 22.7 Å². The number of rotatable bonds is 3. The number of nitrogens with zero attached hydrogens (tertiary/aromatic N) is 2. The fourth-order valence-corrected chi connectivity index (χ4v) is 3.66. The van der Waals surface area contributed by atoms with E-state index in [0.717, 1.165) is 25.1 Å². The van der Waals surface area contributed by atoms with Crippen LogP contribution >= 0.6 is 39.2 Å². The minimum atomic E-state index is 0.544. The molecule has 0 spiro atoms. The lowest BCUT2D eigenvalue weighted by Crippen LogP contribution is -1.95. The van der Waals surface area contributed by atoms with Crippen LogP contribution in [-0.2, 0) is 6.54 Å². The summed E-state index contributed by atoms with van der Waals surface area (Å²) in [5.41, 5.74) is 6.74. The molecule has 0 radical (unpaired) electrons. The van der Waals surface area contributed by atoms with Crippen molar-refractivity contribution in [2.24, 2.45) is 5.73 Å². The molecule has 0 unspecified atom stereocenters. The lowest BCUT2D eigenvalue weighted by atomic mass is 10.2. The van der Waals surface area contributed by atoms with E-state index in [4.69, 9.17) is 5.73 Å². The standard InChI is InChI=1S/C10H10BrN3S2/c1-6-13-10(16-14-6)15-9-3-7(5-12)2-8(11)4-9/h2-4H,5,12H2,1H3. The van der Waals surface area contributed by atoms with Gasteiger partial charge < -0.3 is 5.73 Å². The Labute approximate surface area is 111 Å². The first-order valence-electron chi connectivity index (χ1n) is 4.65. The minimum absolute atomic E-state index is 0.544. The van der Waals surface area contributed by atoms with Gasteiger partial charge in [-0.3, -0.25) is 0 Å². The number of benzene rings is 1. The Morgan fingerprint density at radius 2 is 2.25 bits per heavy atom. The molecule has 0 aliphatic carbocycles. The van der Waals surface area contributed by atoms with Crippen molar-refractivity contribution in [3.05, 3.63) is 34.1 Å². The van der Waals surface area contributed by atoms with E-state index >= 15 is 0 Å². The van der Waals surface area contributed by atoms with Crippen LogP contribution in [0.25, 0.3) is 0 Å². The highest BCUT2D eigenvalue weighted by atomic mass is 79.9. The molecule has 1 aromatic heterocycles. The second-order valence-corrected chi connectivity index (χ2v) is 6.20. The quantitative estimate of drug-likeness (QED) is 0.944. The van der Waals surface area contributed by atoms with Gasteiger partial charge in [-0.25, -0.2) is 4.98 Å². The van der Waals surface area contributed by atoms with Gasteiger partial charge in [0, 0.05) is 15.9 Å². The van der Waals surface area contributed by atoms with E-state index < -0.39 is 0 Å². The minimum Gasteiger partial charge on any atom is -0.326 e. The predicted molar refractivity (Wildman–Crippen MR) is 70.8 cm³/mol. The van der Waals surface area contributed by atoms with Gasteiger partial charge in [0.25, 0.3) is 0 Å². The Balaban J connectivity index is 2.24. The van der Waals surface area contributed by atoms with Gasteiger partial charge in [-0.05, 0) is 42.2 Å². The van der Waals surface area contributed by atoms with Crippen LogP contribution < -0.4 is 5.73 Å². The third-order valence-electron chi connectivity index (χ3n) is 1.88. The van der Waals surface area contributed by atoms with Crippen LogP contribution in [0.3, 0.4) is 0 Å². The molecular weight excluding hydrogens is 306 g/mol. The molecule has 0 aliphatic heterocycles. The summed E-state index contributed by atoms with van der Waals surface area (Å²) in [4.78, 5) is 5.45. The van der Waals surface area contributed by atoms with E-state index in [1.165, 1.54) is 11.5 Å². The Kier molecular flexibility index (Phi) is 3.96. The van der Waals surface area contributed by atoms with E-state index in [1.807, 2.05) is 13.0 Å². The normalized spacial score (nSPS) is 10.7. The van der Waals surface area contributed by atoms with Crippen LogP contribution in [0, 0.1) is 6.92 Å². The Morgan fingerprint density at radius 3 is 2.88 bits per heavy atom. The van der Waals surface area contributed by atoms with Crippen molar-refractivity contribution >= 4 is 39.2 Å². The van der Waals surface area contributed by atoms with Gasteiger partial charge in [0.2, 0.25) is 0 Å². The van der Waals surface area contributed by atoms with Crippen molar-refractivity contribution in [1.29, 1.82) is 0 Å². The highest BCUT2D eigenvalue weighted by molar-refractivity contribution is 9.10.